The van der Waals surface area contributed by atoms with E-state index in [-0.39, 0.29) is 11.5 Å². The van der Waals surface area contributed by atoms with Gasteiger partial charge in [-0.3, -0.25) is 4.79 Å². The molecule has 1 aromatic carbocycles. The number of hydrogen-bond donors (Lipinski definition) is 2. The van der Waals surface area contributed by atoms with Crippen LogP contribution in [0, 0.1) is 5.92 Å². The maximum Gasteiger partial charge on any atom is 0.332 e. The SMILES string of the molecule is CC(C)/C(=C\C(=O)Nc1ccccc1)C(=O)O. The molecular weight excluding hydrogens is 218 g/mol. The molecule has 1 rings (SSSR count). The van der Waals surface area contributed by atoms with Crippen LogP contribution in [0.15, 0.2) is 42.0 Å². The number of benzene rings is 1. The van der Waals surface area contributed by atoms with Gasteiger partial charge in [-0.2, -0.15) is 0 Å². The van der Waals surface area contributed by atoms with Crippen LogP contribution in [0.4, 0.5) is 5.69 Å². The molecule has 0 aliphatic heterocycles. The topological polar surface area (TPSA) is 66.4 Å². The molecule has 1 amide bonds. The van der Waals surface area contributed by atoms with Gasteiger partial charge in [-0.1, -0.05) is 32.0 Å². The minimum atomic E-state index is -1.07. The van der Waals surface area contributed by atoms with E-state index in [0.29, 0.717) is 5.69 Å². The van der Waals surface area contributed by atoms with Crippen LogP contribution in [0.1, 0.15) is 13.8 Å². The zero-order valence-corrected chi connectivity index (χ0v) is 9.81. The first-order chi connectivity index (χ1) is 8.00. The molecule has 0 fully saturated rings. The summed E-state index contributed by atoms with van der Waals surface area (Å²) < 4.78 is 0. The van der Waals surface area contributed by atoms with Gasteiger partial charge in [0.15, 0.2) is 0 Å². The Morgan fingerprint density at radius 1 is 1.24 bits per heavy atom. The van der Waals surface area contributed by atoms with Gasteiger partial charge in [-0.15, -0.1) is 0 Å². The van der Waals surface area contributed by atoms with Gasteiger partial charge < -0.3 is 10.4 Å². The van der Waals surface area contributed by atoms with Crippen molar-refractivity contribution in [2.45, 2.75) is 13.8 Å². The first kappa shape index (κ1) is 13.0. The van der Waals surface area contributed by atoms with Crippen LogP contribution in [0.3, 0.4) is 0 Å². The molecule has 0 saturated carbocycles. The van der Waals surface area contributed by atoms with Crippen molar-refractivity contribution in [3.63, 3.8) is 0 Å². The second-order valence-electron chi connectivity index (χ2n) is 3.91. The Labute approximate surface area is 100.0 Å². The highest BCUT2D eigenvalue weighted by molar-refractivity contribution is 6.04. The highest BCUT2D eigenvalue weighted by atomic mass is 16.4. The van der Waals surface area contributed by atoms with Crippen molar-refractivity contribution < 1.29 is 14.7 Å². The van der Waals surface area contributed by atoms with Crippen LogP contribution in [0.25, 0.3) is 0 Å². The summed E-state index contributed by atoms with van der Waals surface area (Å²) in [5.74, 6) is -1.69. The molecule has 0 bridgehead atoms. The molecule has 0 radical (unpaired) electrons. The van der Waals surface area contributed by atoms with Crippen molar-refractivity contribution in [1.82, 2.24) is 0 Å². The first-order valence-electron chi connectivity index (χ1n) is 5.31. The van der Waals surface area contributed by atoms with Crippen LogP contribution in [-0.4, -0.2) is 17.0 Å². The Morgan fingerprint density at radius 2 is 1.82 bits per heavy atom. The van der Waals surface area contributed by atoms with E-state index >= 15 is 0 Å². The lowest BCUT2D eigenvalue weighted by atomic mass is 10.0. The molecule has 2 N–H and O–H groups in total. The fourth-order valence-electron chi connectivity index (χ4n) is 1.32. The van der Waals surface area contributed by atoms with E-state index in [1.165, 1.54) is 0 Å². The van der Waals surface area contributed by atoms with Gasteiger partial charge in [-0.25, -0.2) is 4.79 Å². The minimum absolute atomic E-state index is 0.0958. The Balaban J connectivity index is 2.77. The van der Waals surface area contributed by atoms with Crippen LogP contribution in [0.2, 0.25) is 0 Å². The molecule has 0 aromatic heterocycles. The number of carboxylic acids is 1. The molecule has 4 nitrogen and oxygen atoms in total. The second-order valence-corrected chi connectivity index (χ2v) is 3.91. The average Bonchev–Trinajstić information content (AvgIpc) is 2.26. The standard InChI is InChI=1S/C13H15NO3/c1-9(2)11(13(16)17)8-12(15)14-10-6-4-3-5-7-10/h3-9H,1-2H3,(H,14,15)(H,16,17)/b11-8+. The summed E-state index contributed by atoms with van der Waals surface area (Å²) in [6.45, 7) is 3.46. The molecular formula is C13H15NO3. The van der Waals surface area contributed by atoms with Gasteiger partial charge in [0, 0.05) is 17.3 Å². The first-order valence-corrected chi connectivity index (χ1v) is 5.31. The van der Waals surface area contributed by atoms with E-state index in [2.05, 4.69) is 5.32 Å². The number of nitrogens with one attached hydrogen (secondary N) is 1. The number of aliphatic carboxylic acids is 1. The van der Waals surface area contributed by atoms with E-state index < -0.39 is 11.9 Å². The van der Waals surface area contributed by atoms with E-state index in [0.717, 1.165) is 6.08 Å². The van der Waals surface area contributed by atoms with Crippen LogP contribution in [0.5, 0.6) is 0 Å². The van der Waals surface area contributed by atoms with E-state index in [1.54, 1.807) is 38.1 Å². The number of amides is 1. The second kappa shape index (κ2) is 5.84. The van der Waals surface area contributed by atoms with Gasteiger partial charge in [0.1, 0.15) is 0 Å². The summed E-state index contributed by atoms with van der Waals surface area (Å²) in [7, 11) is 0. The fraction of sp³-hybridized carbons (Fsp3) is 0.231. The predicted molar refractivity (Wildman–Crippen MR) is 65.6 cm³/mol. The maximum atomic E-state index is 11.6. The lowest BCUT2D eigenvalue weighted by Crippen LogP contribution is -2.14. The molecule has 0 aliphatic carbocycles. The number of hydrogen-bond acceptors (Lipinski definition) is 2. The molecule has 0 unspecified atom stereocenters. The molecule has 4 heteroatoms. The molecule has 1 aromatic rings. The Kier molecular flexibility index (Phi) is 4.46. The third kappa shape index (κ3) is 4.10. The number of rotatable bonds is 4. The van der Waals surface area contributed by atoms with Gasteiger partial charge in [-0.05, 0) is 18.1 Å². The van der Waals surface area contributed by atoms with E-state index in [9.17, 15) is 9.59 Å². The van der Waals surface area contributed by atoms with Crippen molar-refractivity contribution in [2.75, 3.05) is 5.32 Å². The van der Waals surface area contributed by atoms with E-state index in [1.807, 2.05) is 6.07 Å². The lowest BCUT2D eigenvalue weighted by Gasteiger charge is -2.06. The Hall–Kier alpha value is -2.10. The highest BCUT2D eigenvalue weighted by Crippen LogP contribution is 2.11. The van der Waals surface area contributed by atoms with Crippen molar-refractivity contribution in [3.8, 4) is 0 Å². The Morgan fingerprint density at radius 3 is 2.29 bits per heavy atom. The van der Waals surface area contributed by atoms with Gasteiger partial charge in [0.25, 0.3) is 0 Å². The number of carboxylic acid groups (broad SMARTS) is 1. The normalized spacial score (nSPS) is 11.4. The third-order valence-corrected chi connectivity index (χ3v) is 2.20. The zero-order valence-electron chi connectivity index (χ0n) is 9.81. The summed E-state index contributed by atoms with van der Waals surface area (Å²) in [5, 5.41) is 11.5. The summed E-state index contributed by atoms with van der Waals surface area (Å²) in [4.78, 5) is 22.5. The number of anilines is 1. The fourth-order valence-corrected chi connectivity index (χ4v) is 1.32. The molecule has 0 aliphatic rings. The number of carbonyl (C=O) groups excluding carboxylic acids is 1. The number of para-hydroxylation sites is 1. The third-order valence-electron chi connectivity index (χ3n) is 2.20. The van der Waals surface area contributed by atoms with Crippen molar-refractivity contribution in [2.24, 2.45) is 5.92 Å². The Bertz CT molecular complexity index is 435. The van der Waals surface area contributed by atoms with Crippen molar-refractivity contribution in [1.29, 1.82) is 0 Å². The predicted octanol–water partition coefficient (Wildman–Crippen LogP) is 2.29. The van der Waals surface area contributed by atoms with E-state index in [4.69, 9.17) is 5.11 Å². The largest absolute Gasteiger partial charge is 0.478 e. The van der Waals surface area contributed by atoms with Gasteiger partial charge >= 0.3 is 5.97 Å². The zero-order chi connectivity index (χ0) is 12.8. The molecule has 90 valence electrons. The maximum absolute atomic E-state index is 11.6. The van der Waals surface area contributed by atoms with Crippen LogP contribution < -0.4 is 5.32 Å². The lowest BCUT2D eigenvalue weighted by molar-refractivity contribution is -0.133. The molecule has 0 atom stereocenters. The monoisotopic (exact) mass is 233 g/mol. The van der Waals surface area contributed by atoms with Gasteiger partial charge in [0.05, 0.1) is 0 Å². The quantitative estimate of drug-likeness (QED) is 0.784. The van der Waals surface area contributed by atoms with Crippen LogP contribution >= 0.6 is 0 Å². The summed E-state index contributed by atoms with van der Waals surface area (Å²) in [5.41, 5.74) is 0.737. The molecule has 17 heavy (non-hydrogen) atoms. The van der Waals surface area contributed by atoms with Crippen molar-refractivity contribution in [3.05, 3.63) is 42.0 Å². The highest BCUT2D eigenvalue weighted by Gasteiger charge is 2.13. The van der Waals surface area contributed by atoms with Crippen molar-refractivity contribution >= 4 is 17.6 Å². The summed E-state index contributed by atoms with van der Waals surface area (Å²) in [6, 6.07) is 8.89. The van der Waals surface area contributed by atoms with Gasteiger partial charge in [0.2, 0.25) is 5.91 Å². The average molecular weight is 233 g/mol. The molecule has 0 spiro atoms. The van der Waals surface area contributed by atoms with Crippen LogP contribution in [-0.2, 0) is 9.59 Å². The molecule has 0 heterocycles. The summed E-state index contributed by atoms with van der Waals surface area (Å²) in [6.07, 6.45) is 1.12. The number of carbonyl (C=O) groups is 2. The molecule has 0 saturated heterocycles. The smallest absolute Gasteiger partial charge is 0.332 e. The minimum Gasteiger partial charge on any atom is -0.478 e. The summed E-state index contributed by atoms with van der Waals surface area (Å²) >= 11 is 0.